The molecule has 0 spiro atoms. The number of hydrogen-bond donors (Lipinski definition) is 1. The highest BCUT2D eigenvalue weighted by atomic mass is 19.3. The fourth-order valence-electron chi connectivity index (χ4n) is 5.77. The number of halogens is 4. The molecule has 0 amide bonds. The minimum atomic E-state index is -3.06. The van der Waals surface area contributed by atoms with Gasteiger partial charge in [0.05, 0.1) is 24.9 Å². The summed E-state index contributed by atoms with van der Waals surface area (Å²) in [6.07, 6.45) is 5.55. The lowest BCUT2D eigenvalue weighted by atomic mass is 9.75. The molecule has 4 saturated heterocycles. The predicted molar refractivity (Wildman–Crippen MR) is 123 cm³/mol. The van der Waals surface area contributed by atoms with Crippen LogP contribution in [0.2, 0.25) is 0 Å². The Labute approximate surface area is 205 Å². The topological polar surface area (TPSA) is 89.6 Å². The van der Waals surface area contributed by atoms with E-state index in [1.165, 1.54) is 17.2 Å². The van der Waals surface area contributed by atoms with Gasteiger partial charge in [0, 0.05) is 55.0 Å². The molecule has 1 aliphatic carbocycles. The molecule has 2 N–H and O–H groups in total. The number of nitrogen functional groups attached to an aromatic ring is 1. The van der Waals surface area contributed by atoms with Gasteiger partial charge in [-0.25, -0.2) is 23.7 Å². The van der Waals surface area contributed by atoms with Crippen LogP contribution in [-0.2, 0) is 4.74 Å². The molecule has 194 valence electrons. The molecule has 5 fully saturated rings. The summed E-state index contributed by atoms with van der Waals surface area (Å²) in [5, 5.41) is 0. The first-order valence-electron chi connectivity index (χ1n) is 12.3. The summed E-state index contributed by atoms with van der Waals surface area (Å²) < 4.78 is 63.9. The molecule has 0 unspecified atom stereocenters. The van der Waals surface area contributed by atoms with E-state index in [9.17, 15) is 17.6 Å². The van der Waals surface area contributed by atoms with E-state index in [4.69, 9.17) is 10.5 Å². The quantitative estimate of drug-likeness (QED) is 0.592. The zero-order valence-corrected chi connectivity index (χ0v) is 19.6. The molecular weight excluding hydrogens is 480 g/mol. The summed E-state index contributed by atoms with van der Waals surface area (Å²) in [6, 6.07) is 4.04. The summed E-state index contributed by atoms with van der Waals surface area (Å²) in [5.74, 6) is -2.88. The molecule has 7 rings (SSSR count). The van der Waals surface area contributed by atoms with Crippen molar-refractivity contribution in [1.82, 2.24) is 19.9 Å². The molecule has 36 heavy (non-hydrogen) atoms. The number of rotatable bonds is 6. The third-order valence-corrected chi connectivity index (χ3v) is 7.81. The van der Waals surface area contributed by atoms with Gasteiger partial charge in [-0.1, -0.05) is 0 Å². The number of hydrogen-bond acceptors (Lipinski definition) is 8. The number of ether oxygens (including phenoxy) is 2. The average Bonchev–Trinajstić information content (AvgIpc) is 3.20. The van der Waals surface area contributed by atoms with Crippen molar-refractivity contribution < 1.29 is 27.0 Å². The highest BCUT2D eigenvalue weighted by Crippen LogP contribution is 2.44. The van der Waals surface area contributed by atoms with Crippen LogP contribution in [0.4, 0.5) is 29.3 Å². The van der Waals surface area contributed by atoms with Crippen LogP contribution in [0.5, 0.6) is 5.75 Å². The van der Waals surface area contributed by atoms with Crippen LogP contribution in [-0.4, -0.2) is 76.8 Å². The normalized spacial score (nSPS) is 29.5. The van der Waals surface area contributed by atoms with E-state index in [0.29, 0.717) is 29.4 Å². The van der Waals surface area contributed by atoms with Gasteiger partial charge in [0.1, 0.15) is 0 Å². The highest BCUT2D eigenvalue weighted by Gasteiger charge is 2.44. The van der Waals surface area contributed by atoms with E-state index in [1.54, 1.807) is 6.07 Å². The van der Waals surface area contributed by atoms with Gasteiger partial charge in [-0.2, -0.15) is 8.78 Å². The van der Waals surface area contributed by atoms with E-state index in [2.05, 4.69) is 24.6 Å². The molecule has 2 aromatic rings. The first kappa shape index (κ1) is 23.7. The Morgan fingerprint density at radius 1 is 1.14 bits per heavy atom. The molecule has 8 nitrogen and oxygen atoms in total. The number of anilines is 2. The summed E-state index contributed by atoms with van der Waals surface area (Å²) in [4.78, 5) is 17.2. The first-order chi connectivity index (χ1) is 17.2. The molecule has 2 bridgehead atoms. The second-order valence-electron chi connectivity index (χ2n) is 10.2. The minimum Gasteiger partial charge on any atom is -0.431 e. The molecule has 5 aliphatic rings. The average molecular weight is 509 g/mol. The number of alkyl halides is 4. The Balaban J connectivity index is 1.28. The number of nitrogens with zero attached hydrogens (tertiary/aromatic N) is 5. The number of aromatic nitrogens is 3. The van der Waals surface area contributed by atoms with E-state index < -0.39 is 19.1 Å². The number of piperidine rings is 1. The smallest absolute Gasteiger partial charge is 0.387 e. The molecule has 4 aliphatic heterocycles. The fraction of sp³-hybridized carbons (Fsp3) is 0.625. The summed E-state index contributed by atoms with van der Waals surface area (Å²) in [5.41, 5.74) is 7.25. The maximum Gasteiger partial charge on any atom is 0.387 e. The third-order valence-electron chi connectivity index (χ3n) is 7.81. The van der Waals surface area contributed by atoms with Gasteiger partial charge in [-0.15, -0.1) is 0 Å². The fourth-order valence-corrected chi connectivity index (χ4v) is 5.77. The first-order valence-corrected chi connectivity index (χ1v) is 12.3. The van der Waals surface area contributed by atoms with Gasteiger partial charge in [0.2, 0.25) is 5.95 Å². The van der Waals surface area contributed by atoms with Gasteiger partial charge in [-0.3, -0.25) is 4.90 Å². The molecule has 1 saturated carbocycles. The van der Waals surface area contributed by atoms with Gasteiger partial charge in [0.25, 0.3) is 5.92 Å². The largest absolute Gasteiger partial charge is 0.431 e. The zero-order chi connectivity index (χ0) is 25.0. The van der Waals surface area contributed by atoms with Crippen molar-refractivity contribution in [3.63, 3.8) is 0 Å². The SMILES string of the molecule is Nc1ncc(-c2cc([C@H]3C[C@H](N4C[C@@H]5CC[C@H]4CO5)C3)nc(N3CCC(F)(F)C3)n2)cc1OC(F)F. The van der Waals surface area contributed by atoms with Crippen molar-refractivity contribution >= 4 is 11.8 Å². The third kappa shape index (κ3) is 4.56. The lowest BCUT2D eigenvalue weighted by molar-refractivity contribution is -0.131. The van der Waals surface area contributed by atoms with E-state index >= 15 is 0 Å². The monoisotopic (exact) mass is 508 g/mol. The minimum absolute atomic E-state index is 0.139. The summed E-state index contributed by atoms with van der Waals surface area (Å²) >= 11 is 0. The van der Waals surface area contributed by atoms with E-state index in [0.717, 1.165) is 44.5 Å². The van der Waals surface area contributed by atoms with Gasteiger partial charge < -0.3 is 20.1 Å². The van der Waals surface area contributed by atoms with Crippen LogP contribution in [0.25, 0.3) is 11.3 Å². The van der Waals surface area contributed by atoms with E-state index in [-0.39, 0.29) is 36.4 Å². The van der Waals surface area contributed by atoms with Crippen LogP contribution in [0, 0.1) is 0 Å². The molecule has 2 aromatic heterocycles. The summed E-state index contributed by atoms with van der Waals surface area (Å²) in [7, 11) is 0. The van der Waals surface area contributed by atoms with Crippen LogP contribution >= 0.6 is 0 Å². The van der Waals surface area contributed by atoms with Crippen molar-refractivity contribution in [1.29, 1.82) is 0 Å². The van der Waals surface area contributed by atoms with Gasteiger partial charge in [-0.05, 0) is 37.8 Å². The molecule has 2 atom stereocenters. The van der Waals surface area contributed by atoms with Crippen molar-refractivity contribution in [2.75, 3.05) is 36.9 Å². The van der Waals surface area contributed by atoms with Gasteiger partial charge in [0.15, 0.2) is 11.6 Å². The summed E-state index contributed by atoms with van der Waals surface area (Å²) in [6.45, 7) is -1.64. The second-order valence-corrected chi connectivity index (χ2v) is 10.2. The van der Waals surface area contributed by atoms with Crippen molar-refractivity contribution in [3.8, 4) is 17.0 Å². The number of morpholine rings is 1. The van der Waals surface area contributed by atoms with Crippen molar-refractivity contribution in [2.24, 2.45) is 0 Å². The van der Waals surface area contributed by atoms with Crippen LogP contribution in [0.1, 0.15) is 43.7 Å². The predicted octanol–water partition coefficient (Wildman–Crippen LogP) is 3.68. The number of nitrogens with two attached hydrogens (primary N) is 1. The van der Waals surface area contributed by atoms with Crippen LogP contribution in [0.15, 0.2) is 18.3 Å². The molecule has 12 heteroatoms. The molecule has 0 aromatic carbocycles. The number of fused-ring (bicyclic) bond motifs is 3. The zero-order valence-electron chi connectivity index (χ0n) is 19.6. The Morgan fingerprint density at radius 2 is 1.97 bits per heavy atom. The van der Waals surface area contributed by atoms with Crippen molar-refractivity contribution in [3.05, 3.63) is 24.0 Å². The highest BCUT2D eigenvalue weighted by molar-refractivity contribution is 5.65. The standard InChI is InChI=1S/C24H28F4N6O2/c25-22(26)36-20-7-14(9-30-21(20)29)19-8-18(31-23(32-19)33-4-3-24(27,28)12-33)13-5-16(6-13)34-10-17-2-1-15(34)11-35-17/h7-9,13,15-17,22H,1-6,10-12H2,(H2,29,30)/t13-,15-,16-,17-/m0/s1. The van der Waals surface area contributed by atoms with E-state index in [1.807, 2.05) is 0 Å². The van der Waals surface area contributed by atoms with Gasteiger partial charge >= 0.3 is 6.61 Å². The Hall–Kier alpha value is -2.73. The lowest BCUT2D eigenvalue weighted by Crippen LogP contribution is -2.60. The van der Waals surface area contributed by atoms with Crippen LogP contribution < -0.4 is 15.4 Å². The second kappa shape index (κ2) is 8.98. The Bertz CT molecular complexity index is 1120. The maximum atomic E-state index is 14.0. The Morgan fingerprint density at radius 3 is 2.61 bits per heavy atom. The maximum absolute atomic E-state index is 14.0. The Kier molecular flexibility index (Phi) is 5.90. The lowest BCUT2D eigenvalue weighted by Gasteiger charge is -2.53. The molecular formula is C24H28F4N6O2. The molecule has 0 radical (unpaired) electrons. The van der Waals surface area contributed by atoms with Crippen LogP contribution in [0.3, 0.4) is 0 Å². The van der Waals surface area contributed by atoms with Crippen molar-refractivity contribution in [2.45, 2.75) is 68.7 Å². The molecule has 6 heterocycles. The number of pyridine rings is 1.